The summed E-state index contributed by atoms with van der Waals surface area (Å²) in [5, 5.41) is 3.61. The van der Waals surface area contributed by atoms with Gasteiger partial charge in [-0.3, -0.25) is 0 Å². The minimum absolute atomic E-state index is 0.536. The standard InChI is InChI=1S/C16H25BrN2/c1-11(2)12(3)19(4)16-9-14(17)6-5-13(16)10-18-15-7-8-15/h5-6,9,11-12,15,18H,7-8,10H2,1-4H3. The SMILES string of the molecule is CC(C)C(C)N(C)c1cc(Br)ccc1CNC1CC1. The largest absolute Gasteiger partial charge is 0.371 e. The van der Waals surface area contributed by atoms with E-state index in [2.05, 4.69) is 72.2 Å². The van der Waals surface area contributed by atoms with Crippen molar-refractivity contribution < 1.29 is 0 Å². The summed E-state index contributed by atoms with van der Waals surface area (Å²) in [6, 6.07) is 7.90. The molecule has 1 atom stereocenters. The molecule has 0 aliphatic heterocycles. The van der Waals surface area contributed by atoms with Crippen molar-refractivity contribution in [2.24, 2.45) is 5.92 Å². The molecule has 0 spiro atoms. The topological polar surface area (TPSA) is 15.3 Å². The third-order valence-corrected chi connectivity index (χ3v) is 4.65. The van der Waals surface area contributed by atoms with Gasteiger partial charge in [0, 0.05) is 35.8 Å². The first-order chi connectivity index (χ1) is 8.99. The second-order valence-corrected chi connectivity index (χ2v) is 6.94. The number of anilines is 1. The van der Waals surface area contributed by atoms with E-state index in [0.717, 1.165) is 17.1 Å². The van der Waals surface area contributed by atoms with Crippen LogP contribution in [0, 0.1) is 5.92 Å². The fourth-order valence-electron chi connectivity index (χ4n) is 2.22. The molecule has 0 amide bonds. The van der Waals surface area contributed by atoms with E-state index in [0.29, 0.717) is 12.0 Å². The van der Waals surface area contributed by atoms with Crippen molar-refractivity contribution in [3.63, 3.8) is 0 Å². The first-order valence-electron chi connectivity index (χ1n) is 7.23. The van der Waals surface area contributed by atoms with Crippen molar-refractivity contribution in [3.8, 4) is 0 Å². The Kier molecular flexibility index (Phi) is 4.91. The normalized spacial score (nSPS) is 16.7. The summed E-state index contributed by atoms with van der Waals surface area (Å²) in [5.41, 5.74) is 2.73. The molecule has 1 saturated carbocycles. The van der Waals surface area contributed by atoms with Crippen molar-refractivity contribution in [2.45, 2.75) is 52.2 Å². The first kappa shape index (κ1) is 14.9. The van der Waals surface area contributed by atoms with Crippen LogP contribution in [-0.4, -0.2) is 19.1 Å². The number of halogens is 1. The maximum Gasteiger partial charge on any atom is 0.0423 e. The van der Waals surface area contributed by atoms with E-state index in [-0.39, 0.29) is 0 Å². The Morgan fingerprint density at radius 2 is 2.00 bits per heavy atom. The van der Waals surface area contributed by atoms with Gasteiger partial charge in [-0.25, -0.2) is 0 Å². The maximum atomic E-state index is 3.61. The summed E-state index contributed by atoms with van der Waals surface area (Å²) < 4.78 is 1.15. The average Bonchev–Trinajstić information content (AvgIpc) is 3.19. The number of nitrogens with one attached hydrogen (secondary N) is 1. The lowest BCUT2D eigenvalue weighted by atomic mass is 10.0. The van der Waals surface area contributed by atoms with Gasteiger partial charge in [0.15, 0.2) is 0 Å². The van der Waals surface area contributed by atoms with Gasteiger partial charge in [0.05, 0.1) is 0 Å². The molecule has 1 aliphatic carbocycles. The molecule has 0 radical (unpaired) electrons. The van der Waals surface area contributed by atoms with Gasteiger partial charge >= 0.3 is 0 Å². The quantitative estimate of drug-likeness (QED) is 0.844. The zero-order valence-corrected chi connectivity index (χ0v) is 14.0. The zero-order valence-electron chi connectivity index (χ0n) is 12.4. The lowest BCUT2D eigenvalue weighted by Gasteiger charge is -2.32. The summed E-state index contributed by atoms with van der Waals surface area (Å²) in [6.07, 6.45) is 2.67. The molecule has 3 heteroatoms. The summed E-state index contributed by atoms with van der Waals surface area (Å²) in [6.45, 7) is 7.83. The molecule has 0 aromatic heterocycles. The minimum Gasteiger partial charge on any atom is -0.371 e. The molecule has 2 nitrogen and oxygen atoms in total. The van der Waals surface area contributed by atoms with Crippen LogP contribution in [0.2, 0.25) is 0 Å². The number of benzene rings is 1. The van der Waals surface area contributed by atoms with Crippen LogP contribution in [0.15, 0.2) is 22.7 Å². The zero-order chi connectivity index (χ0) is 14.0. The second kappa shape index (κ2) is 6.27. The Morgan fingerprint density at radius 1 is 1.32 bits per heavy atom. The molecule has 0 heterocycles. The van der Waals surface area contributed by atoms with Crippen molar-refractivity contribution in [2.75, 3.05) is 11.9 Å². The third-order valence-electron chi connectivity index (χ3n) is 4.16. The van der Waals surface area contributed by atoms with E-state index < -0.39 is 0 Å². The van der Waals surface area contributed by atoms with Crippen molar-refractivity contribution >= 4 is 21.6 Å². The number of nitrogens with zero attached hydrogens (tertiary/aromatic N) is 1. The molecule has 0 bridgehead atoms. The van der Waals surface area contributed by atoms with Crippen LogP contribution in [0.1, 0.15) is 39.2 Å². The molecule has 1 aliphatic rings. The highest BCUT2D eigenvalue weighted by molar-refractivity contribution is 9.10. The van der Waals surface area contributed by atoms with Gasteiger partial charge < -0.3 is 10.2 Å². The van der Waals surface area contributed by atoms with Gasteiger partial charge in [0.2, 0.25) is 0 Å². The second-order valence-electron chi connectivity index (χ2n) is 6.02. The highest BCUT2D eigenvalue weighted by atomic mass is 79.9. The summed E-state index contributed by atoms with van der Waals surface area (Å²) in [4.78, 5) is 2.40. The van der Waals surface area contributed by atoms with Gasteiger partial charge in [-0.15, -0.1) is 0 Å². The third kappa shape index (κ3) is 3.96. The van der Waals surface area contributed by atoms with E-state index >= 15 is 0 Å². The van der Waals surface area contributed by atoms with Crippen molar-refractivity contribution in [1.29, 1.82) is 0 Å². The molecule has 19 heavy (non-hydrogen) atoms. The molecule has 106 valence electrons. The van der Waals surface area contributed by atoms with Crippen LogP contribution in [0.5, 0.6) is 0 Å². The lowest BCUT2D eigenvalue weighted by molar-refractivity contribution is 0.504. The molecule has 1 N–H and O–H groups in total. The molecule has 1 fully saturated rings. The van der Waals surface area contributed by atoms with Gasteiger partial charge in [-0.2, -0.15) is 0 Å². The lowest BCUT2D eigenvalue weighted by Crippen LogP contribution is -2.34. The number of hydrogen-bond donors (Lipinski definition) is 1. The van der Waals surface area contributed by atoms with E-state index in [9.17, 15) is 0 Å². The predicted octanol–water partition coefficient (Wildman–Crippen LogP) is 4.18. The van der Waals surface area contributed by atoms with E-state index in [1.165, 1.54) is 24.1 Å². The van der Waals surface area contributed by atoms with Gasteiger partial charge in [0.1, 0.15) is 0 Å². The predicted molar refractivity (Wildman–Crippen MR) is 86.7 cm³/mol. The maximum absolute atomic E-state index is 3.61. The summed E-state index contributed by atoms with van der Waals surface area (Å²) in [7, 11) is 2.20. The molecule has 1 aromatic carbocycles. The molecule has 1 unspecified atom stereocenters. The monoisotopic (exact) mass is 324 g/mol. The number of rotatable bonds is 6. The van der Waals surface area contributed by atoms with E-state index in [1.807, 2.05) is 0 Å². The molecule has 1 aromatic rings. The first-order valence-corrected chi connectivity index (χ1v) is 8.03. The molecule has 2 rings (SSSR count). The average molecular weight is 325 g/mol. The van der Waals surface area contributed by atoms with Crippen LogP contribution in [0.25, 0.3) is 0 Å². The van der Waals surface area contributed by atoms with Crippen molar-refractivity contribution in [3.05, 3.63) is 28.2 Å². The Morgan fingerprint density at radius 3 is 2.58 bits per heavy atom. The minimum atomic E-state index is 0.536. The molecular formula is C16H25BrN2. The molecular weight excluding hydrogens is 300 g/mol. The van der Waals surface area contributed by atoms with Crippen LogP contribution in [0.4, 0.5) is 5.69 Å². The fraction of sp³-hybridized carbons (Fsp3) is 0.625. The molecule has 0 saturated heterocycles. The number of hydrogen-bond acceptors (Lipinski definition) is 2. The Hall–Kier alpha value is -0.540. The summed E-state index contributed by atoms with van der Waals surface area (Å²) in [5.74, 6) is 0.647. The van der Waals surface area contributed by atoms with Gasteiger partial charge in [-0.05, 0) is 43.4 Å². The Balaban J connectivity index is 2.17. The van der Waals surface area contributed by atoms with Crippen molar-refractivity contribution in [1.82, 2.24) is 5.32 Å². The highest BCUT2D eigenvalue weighted by Crippen LogP contribution is 2.28. The van der Waals surface area contributed by atoms with E-state index in [4.69, 9.17) is 0 Å². The Bertz CT molecular complexity index is 427. The smallest absolute Gasteiger partial charge is 0.0423 e. The Labute approximate surface area is 125 Å². The summed E-state index contributed by atoms with van der Waals surface area (Å²) >= 11 is 3.60. The van der Waals surface area contributed by atoms with Crippen LogP contribution < -0.4 is 10.2 Å². The van der Waals surface area contributed by atoms with Gasteiger partial charge in [0.25, 0.3) is 0 Å². The van der Waals surface area contributed by atoms with Gasteiger partial charge in [-0.1, -0.05) is 35.8 Å². The van der Waals surface area contributed by atoms with E-state index in [1.54, 1.807) is 0 Å². The highest BCUT2D eigenvalue weighted by Gasteiger charge is 2.22. The van der Waals surface area contributed by atoms with Crippen LogP contribution >= 0.6 is 15.9 Å². The van der Waals surface area contributed by atoms with Crippen LogP contribution in [-0.2, 0) is 6.54 Å². The van der Waals surface area contributed by atoms with Crippen LogP contribution in [0.3, 0.4) is 0 Å². The fourth-order valence-corrected chi connectivity index (χ4v) is 2.57.